The molecule has 0 saturated heterocycles. The van der Waals surface area contributed by atoms with Gasteiger partial charge in [-0.05, 0) is 17.7 Å². The SMILES string of the molecule is COc1cc(C=O)cc(CSCc2ccccc2)c1O. The Morgan fingerprint density at radius 2 is 1.95 bits per heavy atom. The predicted octanol–water partition coefficient (Wildman–Crippen LogP) is 3.65. The molecular formula is C16H16O3S. The first-order valence-corrected chi connectivity index (χ1v) is 7.36. The zero-order chi connectivity index (χ0) is 14.4. The summed E-state index contributed by atoms with van der Waals surface area (Å²) in [4.78, 5) is 10.9. The Labute approximate surface area is 122 Å². The van der Waals surface area contributed by atoms with Crippen LogP contribution in [0.1, 0.15) is 21.5 Å². The normalized spacial score (nSPS) is 10.2. The molecule has 1 N–H and O–H groups in total. The molecule has 0 aliphatic heterocycles. The summed E-state index contributed by atoms with van der Waals surface area (Å²) in [6, 6.07) is 13.4. The van der Waals surface area contributed by atoms with E-state index in [-0.39, 0.29) is 5.75 Å². The molecule has 0 saturated carbocycles. The highest BCUT2D eigenvalue weighted by molar-refractivity contribution is 7.97. The number of hydrogen-bond acceptors (Lipinski definition) is 4. The van der Waals surface area contributed by atoms with Crippen LogP contribution in [-0.2, 0) is 11.5 Å². The minimum absolute atomic E-state index is 0.110. The lowest BCUT2D eigenvalue weighted by Gasteiger charge is -2.10. The van der Waals surface area contributed by atoms with Gasteiger partial charge in [-0.3, -0.25) is 4.79 Å². The van der Waals surface area contributed by atoms with E-state index in [0.717, 1.165) is 12.0 Å². The molecule has 20 heavy (non-hydrogen) atoms. The Kier molecular flexibility index (Phi) is 5.07. The van der Waals surface area contributed by atoms with E-state index >= 15 is 0 Å². The van der Waals surface area contributed by atoms with Crippen LogP contribution in [0, 0.1) is 0 Å². The molecule has 4 heteroatoms. The van der Waals surface area contributed by atoms with Crippen molar-refractivity contribution in [1.29, 1.82) is 0 Å². The standard InChI is InChI=1S/C16H16O3S/c1-19-15-8-13(9-17)7-14(16(15)18)11-20-10-12-5-3-2-4-6-12/h2-9,18H,10-11H2,1H3. The molecule has 0 fully saturated rings. The first kappa shape index (κ1) is 14.5. The topological polar surface area (TPSA) is 46.5 Å². The van der Waals surface area contributed by atoms with Crippen LogP contribution in [0.15, 0.2) is 42.5 Å². The number of aromatic hydroxyl groups is 1. The first-order valence-electron chi connectivity index (χ1n) is 6.21. The number of methoxy groups -OCH3 is 1. The third kappa shape index (κ3) is 3.54. The molecule has 2 aromatic rings. The number of thioether (sulfide) groups is 1. The monoisotopic (exact) mass is 288 g/mol. The number of phenols is 1. The number of aldehydes is 1. The van der Waals surface area contributed by atoms with Crippen molar-refractivity contribution in [1.82, 2.24) is 0 Å². The number of rotatable bonds is 6. The molecule has 0 unspecified atom stereocenters. The number of hydrogen-bond donors (Lipinski definition) is 1. The fourth-order valence-corrected chi connectivity index (χ4v) is 2.85. The van der Waals surface area contributed by atoms with Gasteiger partial charge in [0.2, 0.25) is 0 Å². The van der Waals surface area contributed by atoms with Gasteiger partial charge in [-0.15, -0.1) is 0 Å². The molecule has 3 nitrogen and oxygen atoms in total. The summed E-state index contributed by atoms with van der Waals surface area (Å²) in [6.07, 6.45) is 0.757. The minimum Gasteiger partial charge on any atom is -0.504 e. The Morgan fingerprint density at radius 3 is 2.60 bits per heavy atom. The Balaban J connectivity index is 2.07. The summed E-state index contributed by atoms with van der Waals surface area (Å²) in [5.74, 6) is 1.93. The van der Waals surface area contributed by atoms with Gasteiger partial charge < -0.3 is 9.84 Å². The lowest BCUT2D eigenvalue weighted by molar-refractivity contribution is 0.112. The molecule has 0 atom stereocenters. The zero-order valence-electron chi connectivity index (χ0n) is 11.2. The second-order valence-corrected chi connectivity index (χ2v) is 5.31. The van der Waals surface area contributed by atoms with Crippen LogP contribution < -0.4 is 4.74 Å². The largest absolute Gasteiger partial charge is 0.504 e. The Morgan fingerprint density at radius 1 is 1.20 bits per heavy atom. The van der Waals surface area contributed by atoms with Gasteiger partial charge in [0.05, 0.1) is 7.11 Å². The maximum atomic E-state index is 10.9. The van der Waals surface area contributed by atoms with Gasteiger partial charge in [0.1, 0.15) is 6.29 Å². The summed E-state index contributed by atoms with van der Waals surface area (Å²) in [5, 5.41) is 10.1. The van der Waals surface area contributed by atoms with Gasteiger partial charge in [-0.1, -0.05) is 30.3 Å². The zero-order valence-corrected chi connectivity index (χ0v) is 12.0. The van der Waals surface area contributed by atoms with Crippen molar-refractivity contribution < 1.29 is 14.6 Å². The molecule has 104 valence electrons. The number of benzene rings is 2. The Bertz CT molecular complexity index is 582. The van der Waals surface area contributed by atoms with Gasteiger partial charge in [0.25, 0.3) is 0 Å². The predicted molar refractivity (Wildman–Crippen MR) is 81.5 cm³/mol. The number of phenolic OH excluding ortho intramolecular Hbond substituents is 1. The lowest BCUT2D eigenvalue weighted by Crippen LogP contribution is -1.92. The number of carbonyl (C=O) groups excluding carboxylic acids is 1. The van der Waals surface area contributed by atoms with Crippen LogP contribution in [0.5, 0.6) is 11.5 Å². The first-order chi connectivity index (χ1) is 9.74. The maximum absolute atomic E-state index is 10.9. The van der Waals surface area contributed by atoms with Crippen molar-refractivity contribution in [2.75, 3.05) is 7.11 Å². The summed E-state index contributed by atoms with van der Waals surface area (Å²) < 4.78 is 5.07. The maximum Gasteiger partial charge on any atom is 0.161 e. The quantitative estimate of drug-likeness (QED) is 0.824. The van der Waals surface area contributed by atoms with Gasteiger partial charge in [0.15, 0.2) is 11.5 Å². The highest BCUT2D eigenvalue weighted by atomic mass is 32.2. The number of carbonyl (C=O) groups is 1. The van der Waals surface area contributed by atoms with Crippen molar-refractivity contribution in [3.63, 3.8) is 0 Å². The fourth-order valence-electron chi connectivity index (χ4n) is 1.88. The second kappa shape index (κ2) is 7.01. The van der Waals surface area contributed by atoms with Crippen LogP contribution in [0.2, 0.25) is 0 Å². The average Bonchev–Trinajstić information content (AvgIpc) is 2.50. The van der Waals surface area contributed by atoms with E-state index in [2.05, 4.69) is 12.1 Å². The second-order valence-electron chi connectivity index (χ2n) is 4.33. The van der Waals surface area contributed by atoms with Crippen molar-refractivity contribution in [2.24, 2.45) is 0 Å². The van der Waals surface area contributed by atoms with Crippen LogP contribution in [0.25, 0.3) is 0 Å². The van der Waals surface area contributed by atoms with Crippen LogP contribution in [-0.4, -0.2) is 18.5 Å². The van der Waals surface area contributed by atoms with E-state index in [0.29, 0.717) is 22.6 Å². The molecule has 0 heterocycles. The van der Waals surface area contributed by atoms with Crippen LogP contribution >= 0.6 is 11.8 Å². The molecule has 2 rings (SSSR count). The fraction of sp³-hybridized carbons (Fsp3) is 0.188. The van der Waals surface area contributed by atoms with Crippen LogP contribution in [0.4, 0.5) is 0 Å². The van der Waals surface area contributed by atoms with Gasteiger partial charge in [0, 0.05) is 22.6 Å². The molecule has 0 aliphatic rings. The number of ether oxygens (including phenoxy) is 1. The molecule has 0 aliphatic carbocycles. The highest BCUT2D eigenvalue weighted by Gasteiger charge is 2.10. The van der Waals surface area contributed by atoms with E-state index in [9.17, 15) is 9.90 Å². The molecular weight excluding hydrogens is 272 g/mol. The summed E-state index contributed by atoms with van der Waals surface area (Å²) >= 11 is 1.68. The summed E-state index contributed by atoms with van der Waals surface area (Å²) in [6.45, 7) is 0. The van der Waals surface area contributed by atoms with Crippen molar-refractivity contribution in [3.05, 3.63) is 59.2 Å². The van der Waals surface area contributed by atoms with E-state index in [4.69, 9.17) is 4.74 Å². The summed E-state index contributed by atoms with van der Waals surface area (Å²) in [7, 11) is 1.48. The highest BCUT2D eigenvalue weighted by Crippen LogP contribution is 2.34. The summed E-state index contributed by atoms with van der Waals surface area (Å²) in [5.41, 5.74) is 2.46. The van der Waals surface area contributed by atoms with Crippen molar-refractivity contribution in [2.45, 2.75) is 11.5 Å². The van der Waals surface area contributed by atoms with Gasteiger partial charge >= 0.3 is 0 Å². The third-order valence-corrected chi connectivity index (χ3v) is 3.95. The van der Waals surface area contributed by atoms with Gasteiger partial charge in [-0.2, -0.15) is 11.8 Å². The molecule has 0 aromatic heterocycles. The average molecular weight is 288 g/mol. The minimum atomic E-state index is 0.110. The molecule has 0 bridgehead atoms. The van der Waals surface area contributed by atoms with E-state index < -0.39 is 0 Å². The van der Waals surface area contributed by atoms with E-state index in [1.165, 1.54) is 18.7 Å². The van der Waals surface area contributed by atoms with E-state index in [1.807, 2.05) is 18.2 Å². The smallest absolute Gasteiger partial charge is 0.161 e. The van der Waals surface area contributed by atoms with Gasteiger partial charge in [-0.25, -0.2) is 0 Å². The van der Waals surface area contributed by atoms with E-state index in [1.54, 1.807) is 17.8 Å². The van der Waals surface area contributed by atoms with Crippen molar-refractivity contribution in [3.8, 4) is 11.5 Å². The molecule has 0 radical (unpaired) electrons. The lowest BCUT2D eigenvalue weighted by atomic mass is 10.1. The molecule has 0 spiro atoms. The van der Waals surface area contributed by atoms with Crippen LogP contribution in [0.3, 0.4) is 0 Å². The third-order valence-electron chi connectivity index (χ3n) is 2.90. The van der Waals surface area contributed by atoms with Crippen molar-refractivity contribution >= 4 is 18.0 Å². The molecule has 0 amide bonds. The molecule has 2 aromatic carbocycles. The Hall–Kier alpha value is -1.94.